The van der Waals surface area contributed by atoms with Crippen molar-refractivity contribution in [1.29, 1.82) is 0 Å². The van der Waals surface area contributed by atoms with E-state index in [1.807, 2.05) is 25.1 Å². The average molecular weight is 327 g/mol. The van der Waals surface area contributed by atoms with Crippen LogP contribution in [-0.2, 0) is 24.2 Å². The average Bonchev–Trinajstić information content (AvgIpc) is 2.94. The van der Waals surface area contributed by atoms with Crippen LogP contribution in [0.2, 0.25) is 0 Å². The molecule has 1 atom stereocenters. The number of ether oxygens (including phenoxy) is 2. The Hall–Kier alpha value is -2.50. The van der Waals surface area contributed by atoms with Crippen LogP contribution in [-0.4, -0.2) is 34.7 Å². The second-order valence-electron chi connectivity index (χ2n) is 6.41. The SMILES string of the molecule is Cc1cn2c(n1)CC[C@@H](NC(=O)Cc1ccc3c(c1)OCCO3)C2. The van der Waals surface area contributed by atoms with Crippen molar-refractivity contribution in [3.05, 3.63) is 41.5 Å². The van der Waals surface area contributed by atoms with E-state index in [0.29, 0.717) is 19.6 Å². The molecule has 126 valence electrons. The molecule has 0 spiro atoms. The highest BCUT2D eigenvalue weighted by atomic mass is 16.6. The zero-order chi connectivity index (χ0) is 16.5. The number of fused-ring (bicyclic) bond motifs is 2. The lowest BCUT2D eigenvalue weighted by Gasteiger charge is -2.25. The van der Waals surface area contributed by atoms with E-state index in [1.165, 1.54) is 0 Å². The fourth-order valence-electron chi connectivity index (χ4n) is 3.37. The van der Waals surface area contributed by atoms with E-state index in [0.717, 1.165) is 48.0 Å². The van der Waals surface area contributed by atoms with Crippen LogP contribution in [0.3, 0.4) is 0 Å². The molecule has 0 unspecified atom stereocenters. The molecule has 3 heterocycles. The number of aryl methyl sites for hydroxylation is 2. The first-order valence-corrected chi connectivity index (χ1v) is 8.38. The minimum absolute atomic E-state index is 0.0389. The van der Waals surface area contributed by atoms with Gasteiger partial charge in [-0.2, -0.15) is 0 Å². The van der Waals surface area contributed by atoms with Crippen molar-refractivity contribution in [3.8, 4) is 11.5 Å². The molecule has 0 saturated carbocycles. The van der Waals surface area contributed by atoms with Crippen molar-refractivity contribution in [3.63, 3.8) is 0 Å². The lowest BCUT2D eigenvalue weighted by Crippen LogP contribution is -2.41. The number of benzene rings is 1. The van der Waals surface area contributed by atoms with E-state index >= 15 is 0 Å². The summed E-state index contributed by atoms with van der Waals surface area (Å²) in [5.41, 5.74) is 1.97. The van der Waals surface area contributed by atoms with E-state index in [2.05, 4.69) is 21.1 Å². The highest BCUT2D eigenvalue weighted by Crippen LogP contribution is 2.30. The Morgan fingerprint density at radius 3 is 3.04 bits per heavy atom. The summed E-state index contributed by atoms with van der Waals surface area (Å²) in [6.45, 7) is 3.92. The zero-order valence-corrected chi connectivity index (χ0v) is 13.7. The smallest absolute Gasteiger partial charge is 0.224 e. The maximum atomic E-state index is 12.4. The molecule has 6 heteroatoms. The van der Waals surface area contributed by atoms with E-state index < -0.39 is 0 Å². The summed E-state index contributed by atoms with van der Waals surface area (Å²) < 4.78 is 13.2. The van der Waals surface area contributed by atoms with E-state index in [9.17, 15) is 4.79 Å². The van der Waals surface area contributed by atoms with Gasteiger partial charge in [0.1, 0.15) is 19.0 Å². The third kappa shape index (κ3) is 3.09. The molecule has 1 N–H and O–H groups in total. The maximum Gasteiger partial charge on any atom is 0.224 e. The summed E-state index contributed by atoms with van der Waals surface area (Å²) in [6, 6.07) is 5.85. The van der Waals surface area contributed by atoms with Crippen molar-refractivity contribution < 1.29 is 14.3 Å². The zero-order valence-electron chi connectivity index (χ0n) is 13.7. The third-order valence-corrected chi connectivity index (χ3v) is 4.45. The standard InChI is InChI=1S/C18H21N3O3/c1-12-10-21-11-14(3-5-17(21)19-12)20-18(22)9-13-2-4-15-16(8-13)24-7-6-23-15/h2,4,8,10,14H,3,5-7,9,11H2,1H3,(H,20,22)/t14-/m1/s1. The van der Waals surface area contributed by atoms with Gasteiger partial charge < -0.3 is 19.4 Å². The molecule has 2 aliphatic heterocycles. The minimum Gasteiger partial charge on any atom is -0.486 e. The number of aromatic nitrogens is 2. The Kier molecular flexibility index (Phi) is 3.88. The van der Waals surface area contributed by atoms with Crippen molar-refractivity contribution in [1.82, 2.24) is 14.9 Å². The van der Waals surface area contributed by atoms with Gasteiger partial charge >= 0.3 is 0 Å². The first-order chi connectivity index (χ1) is 11.7. The van der Waals surface area contributed by atoms with Gasteiger partial charge in [0.25, 0.3) is 0 Å². The van der Waals surface area contributed by atoms with Crippen LogP contribution in [0.4, 0.5) is 0 Å². The van der Waals surface area contributed by atoms with Crippen molar-refractivity contribution in [2.24, 2.45) is 0 Å². The molecule has 0 bridgehead atoms. The number of amides is 1. The molecule has 1 aromatic carbocycles. The number of rotatable bonds is 3. The Balaban J connectivity index is 1.37. The van der Waals surface area contributed by atoms with Gasteiger partial charge in [-0.3, -0.25) is 4.79 Å². The van der Waals surface area contributed by atoms with Gasteiger partial charge in [-0.15, -0.1) is 0 Å². The van der Waals surface area contributed by atoms with Gasteiger partial charge in [0.2, 0.25) is 5.91 Å². The van der Waals surface area contributed by atoms with Crippen LogP contribution in [0.25, 0.3) is 0 Å². The molecular formula is C18H21N3O3. The highest BCUT2D eigenvalue weighted by molar-refractivity contribution is 5.79. The Bertz CT molecular complexity index is 769. The third-order valence-electron chi connectivity index (χ3n) is 4.45. The number of nitrogens with one attached hydrogen (secondary N) is 1. The predicted molar refractivity (Wildman–Crippen MR) is 88.4 cm³/mol. The quantitative estimate of drug-likeness (QED) is 0.931. The molecule has 1 amide bonds. The summed E-state index contributed by atoms with van der Waals surface area (Å²) >= 11 is 0. The van der Waals surface area contributed by atoms with Crippen molar-refractivity contribution >= 4 is 5.91 Å². The van der Waals surface area contributed by atoms with E-state index in [-0.39, 0.29) is 11.9 Å². The second kappa shape index (κ2) is 6.19. The fourth-order valence-corrected chi connectivity index (χ4v) is 3.37. The lowest BCUT2D eigenvalue weighted by atomic mass is 10.1. The number of nitrogens with zero attached hydrogens (tertiary/aromatic N) is 2. The molecule has 1 aromatic heterocycles. The number of imidazole rings is 1. The summed E-state index contributed by atoms with van der Waals surface area (Å²) in [6.07, 6.45) is 4.24. The first-order valence-electron chi connectivity index (χ1n) is 8.38. The predicted octanol–water partition coefficient (Wildman–Crippen LogP) is 1.64. The number of carbonyl (C=O) groups is 1. The molecule has 2 aromatic rings. The van der Waals surface area contributed by atoms with Crippen LogP contribution in [0.1, 0.15) is 23.5 Å². The van der Waals surface area contributed by atoms with Crippen LogP contribution in [0.5, 0.6) is 11.5 Å². The first kappa shape index (κ1) is 15.1. The Labute approximate surface area is 140 Å². The fraction of sp³-hybridized carbons (Fsp3) is 0.444. The lowest BCUT2D eigenvalue weighted by molar-refractivity contribution is -0.121. The van der Waals surface area contributed by atoms with Gasteiger partial charge in [-0.05, 0) is 31.0 Å². The van der Waals surface area contributed by atoms with Crippen LogP contribution < -0.4 is 14.8 Å². The topological polar surface area (TPSA) is 65.4 Å². The van der Waals surface area contributed by atoms with Crippen molar-refractivity contribution in [2.75, 3.05) is 13.2 Å². The van der Waals surface area contributed by atoms with Gasteiger partial charge in [0, 0.05) is 25.2 Å². The molecule has 6 nitrogen and oxygen atoms in total. The largest absolute Gasteiger partial charge is 0.486 e. The second-order valence-corrected chi connectivity index (χ2v) is 6.41. The summed E-state index contributed by atoms with van der Waals surface area (Å²) in [5.74, 6) is 2.63. The minimum atomic E-state index is 0.0389. The van der Waals surface area contributed by atoms with Gasteiger partial charge in [-0.25, -0.2) is 4.98 Å². The normalized spacial score (nSPS) is 18.8. The van der Waals surface area contributed by atoms with Crippen molar-refractivity contribution in [2.45, 2.75) is 38.8 Å². The Morgan fingerprint density at radius 2 is 2.17 bits per heavy atom. The number of hydrogen-bond acceptors (Lipinski definition) is 4. The van der Waals surface area contributed by atoms with Crippen LogP contribution in [0.15, 0.2) is 24.4 Å². The molecule has 4 rings (SSSR count). The molecular weight excluding hydrogens is 306 g/mol. The van der Waals surface area contributed by atoms with E-state index in [1.54, 1.807) is 0 Å². The Morgan fingerprint density at radius 1 is 1.33 bits per heavy atom. The highest BCUT2D eigenvalue weighted by Gasteiger charge is 2.21. The van der Waals surface area contributed by atoms with Gasteiger partial charge in [-0.1, -0.05) is 6.07 Å². The summed E-state index contributed by atoms with van der Waals surface area (Å²) in [5, 5.41) is 3.14. The molecule has 2 aliphatic rings. The van der Waals surface area contributed by atoms with Crippen LogP contribution >= 0.6 is 0 Å². The van der Waals surface area contributed by atoms with Crippen LogP contribution in [0, 0.1) is 6.92 Å². The maximum absolute atomic E-state index is 12.4. The molecule has 0 aliphatic carbocycles. The molecule has 24 heavy (non-hydrogen) atoms. The van der Waals surface area contributed by atoms with Gasteiger partial charge in [0.05, 0.1) is 12.1 Å². The number of carbonyl (C=O) groups excluding carboxylic acids is 1. The summed E-state index contributed by atoms with van der Waals surface area (Å²) in [4.78, 5) is 16.9. The molecule has 0 saturated heterocycles. The number of hydrogen-bond donors (Lipinski definition) is 1. The summed E-state index contributed by atoms with van der Waals surface area (Å²) in [7, 11) is 0. The van der Waals surface area contributed by atoms with E-state index in [4.69, 9.17) is 9.47 Å². The monoisotopic (exact) mass is 327 g/mol. The molecule has 0 radical (unpaired) electrons. The van der Waals surface area contributed by atoms with Gasteiger partial charge in [0.15, 0.2) is 11.5 Å². The molecule has 0 fully saturated rings.